The lowest BCUT2D eigenvalue weighted by Gasteiger charge is -2.03. The molecule has 0 aromatic rings. The number of rotatable bonds is 6. The Morgan fingerprint density at radius 2 is 2.00 bits per heavy atom. The van der Waals surface area contributed by atoms with E-state index in [0.29, 0.717) is 6.61 Å². The number of ether oxygens (including phenoxy) is 1. The van der Waals surface area contributed by atoms with Crippen LogP contribution in [0.15, 0.2) is 0 Å². The van der Waals surface area contributed by atoms with Gasteiger partial charge in [-0.05, 0) is 13.3 Å². The van der Waals surface area contributed by atoms with E-state index < -0.39 is 6.29 Å². The van der Waals surface area contributed by atoms with Gasteiger partial charge in [0.25, 0.3) is 0 Å². The Hall–Kier alpha value is -0.0800. The fourth-order valence-electron chi connectivity index (χ4n) is 0.778. The molecular weight excluding hydrogens is 128 g/mol. The first-order chi connectivity index (χ1) is 4.77. The van der Waals surface area contributed by atoms with Crippen molar-refractivity contribution >= 4 is 0 Å². The van der Waals surface area contributed by atoms with Crippen LogP contribution in [-0.2, 0) is 9.84 Å². The minimum Gasteiger partial charge on any atom is -0.350 e. The zero-order valence-corrected chi connectivity index (χ0v) is 6.93. The molecule has 2 heteroatoms. The second kappa shape index (κ2) is 7.03. The minimum atomic E-state index is -0.846. The molecule has 0 N–H and O–H groups in total. The highest BCUT2D eigenvalue weighted by Gasteiger charge is 1.94. The van der Waals surface area contributed by atoms with Crippen LogP contribution in [-0.4, -0.2) is 12.9 Å². The molecule has 0 fully saturated rings. The topological polar surface area (TPSA) is 29.1 Å². The Bertz CT molecular complexity index is 62.3. The van der Waals surface area contributed by atoms with Crippen molar-refractivity contribution < 1.29 is 9.84 Å². The van der Waals surface area contributed by atoms with Crippen LogP contribution in [0.1, 0.15) is 39.5 Å². The lowest BCUT2D eigenvalue weighted by Crippen LogP contribution is -2.05. The lowest BCUT2D eigenvalue weighted by atomic mass is 10.2. The van der Waals surface area contributed by atoms with Crippen LogP contribution >= 0.6 is 0 Å². The van der Waals surface area contributed by atoms with Gasteiger partial charge in [-0.2, -0.15) is 0 Å². The predicted octanol–water partition coefficient (Wildman–Crippen LogP) is 2.36. The SMILES string of the molecule is CCCCCCOC(C)[O]. The number of unbranched alkanes of at least 4 members (excludes halogenated alkanes) is 3. The zero-order chi connectivity index (χ0) is 7.82. The summed E-state index contributed by atoms with van der Waals surface area (Å²) in [7, 11) is 0. The van der Waals surface area contributed by atoms with Crippen LogP contribution in [0.4, 0.5) is 0 Å². The summed E-state index contributed by atoms with van der Waals surface area (Å²) in [5.74, 6) is 0. The molecule has 0 aliphatic rings. The van der Waals surface area contributed by atoms with Gasteiger partial charge >= 0.3 is 0 Å². The van der Waals surface area contributed by atoms with E-state index in [1.807, 2.05) is 0 Å². The Kier molecular flexibility index (Phi) is 6.98. The summed E-state index contributed by atoms with van der Waals surface area (Å²) in [6, 6.07) is 0. The first-order valence-electron chi connectivity index (χ1n) is 4.04. The summed E-state index contributed by atoms with van der Waals surface area (Å²) in [5, 5.41) is 10.3. The van der Waals surface area contributed by atoms with Crippen molar-refractivity contribution in [2.45, 2.75) is 45.8 Å². The van der Waals surface area contributed by atoms with Crippen molar-refractivity contribution in [1.29, 1.82) is 0 Å². The predicted molar refractivity (Wildman–Crippen MR) is 40.2 cm³/mol. The van der Waals surface area contributed by atoms with Crippen LogP contribution in [0.3, 0.4) is 0 Å². The maximum Gasteiger partial charge on any atom is 0.188 e. The highest BCUT2D eigenvalue weighted by Crippen LogP contribution is 1.99. The van der Waals surface area contributed by atoms with Crippen LogP contribution in [0.5, 0.6) is 0 Å². The van der Waals surface area contributed by atoms with Gasteiger partial charge in [-0.3, -0.25) is 0 Å². The van der Waals surface area contributed by atoms with Crippen LogP contribution in [0, 0.1) is 0 Å². The molecule has 0 aliphatic heterocycles. The summed E-state index contributed by atoms with van der Waals surface area (Å²) in [6.45, 7) is 4.32. The normalized spacial score (nSPS) is 13.5. The third-order valence-electron chi connectivity index (χ3n) is 1.35. The Balaban J connectivity index is 2.77. The van der Waals surface area contributed by atoms with Crippen molar-refractivity contribution in [3.63, 3.8) is 0 Å². The van der Waals surface area contributed by atoms with Gasteiger partial charge in [-0.1, -0.05) is 26.2 Å². The van der Waals surface area contributed by atoms with Gasteiger partial charge in [0.05, 0.1) is 0 Å². The van der Waals surface area contributed by atoms with E-state index in [2.05, 4.69) is 6.92 Å². The van der Waals surface area contributed by atoms with E-state index in [1.54, 1.807) is 0 Å². The highest BCUT2D eigenvalue weighted by molar-refractivity contribution is 4.38. The van der Waals surface area contributed by atoms with Crippen LogP contribution in [0.25, 0.3) is 0 Å². The molecule has 0 aromatic carbocycles. The second-order valence-corrected chi connectivity index (χ2v) is 2.50. The van der Waals surface area contributed by atoms with E-state index in [9.17, 15) is 5.11 Å². The summed E-state index contributed by atoms with van der Waals surface area (Å²) in [4.78, 5) is 0. The van der Waals surface area contributed by atoms with E-state index in [4.69, 9.17) is 4.74 Å². The van der Waals surface area contributed by atoms with Crippen molar-refractivity contribution in [2.75, 3.05) is 6.61 Å². The van der Waals surface area contributed by atoms with E-state index in [0.717, 1.165) is 6.42 Å². The van der Waals surface area contributed by atoms with Gasteiger partial charge in [0, 0.05) is 6.61 Å². The van der Waals surface area contributed by atoms with Gasteiger partial charge in [0.15, 0.2) is 6.29 Å². The molecule has 2 nitrogen and oxygen atoms in total. The highest BCUT2D eigenvalue weighted by atomic mass is 16.6. The third-order valence-corrected chi connectivity index (χ3v) is 1.35. The largest absolute Gasteiger partial charge is 0.350 e. The maximum absolute atomic E-state index is 10.3. The number of hydrogen-bond donors (Lipinski definition) is 0. The molecule has 0 saturated heterocycles. The molecule has 10 heavy (non-hydrogen) atoms. The van der Waals surface area contributed by atoms with Crippen molar-refractivity contribution in [1.82, 2.24) is 0 Å². The van der Waals surface area contributed by atoms with Crippen molar-refractivity contribution in [3.05, 3.63) is 0 Å². The summed E-state index contributed by atoms with van der Waals surface area (Å²) in [6.07, 6.45) is 3.84. The van der Waals surface area contributed by atoms with Gasteiger partial charge in [-0.25, -0.2) is 5.11 Å². The Morgan fingerprint density at radius 3 is 2.50 bits per heavy atom. The zero-order valence-electron chi connectivity index (χ0n) is 6.93. The van der Waals surface area contributed by atoms with E-state index >= 15 is 0 Å². The molecule has 0 aliphatic carbocycles. The van der Waals surface area contributed by atoms with E-state index in [-0.39, 0.29) is 0 Å². The van der Waals surface area contributed by atoms with Gasteiger partial charge in [-0.15, -0.1) is 0 Å². The molecule has 0 saturated carbocycles. The molecule has 1 atom stereocenters. The molecular formula is C8H17O2. The summed E-state index contributed by atoms with van der Waals surface area (Å²) < 4.78 is 4.83. The molecule has 0 spiro atoms. The smallest absolute Gasteiger partial charge is 0.188 e. The molecule has 0 aromatic heterocycles. The Morgan fingerprint density at radius 1 is 1.30 bits per heavy atom. The van der Waals surface area contributed by atoms with Crippen LogP contribution in [0.2, 0.25) is 0 Å². The lowest BCUT2D eigenvalue weighted by molar-refractivity contribution is -0.127. The molecule has 0 rings (SSSR count). The van der Waals surface area contributed by atoms with Gasteiger partial charge < -0.3 is 4.74 Å². The fraction of sp³-hybridized carbons (Fsp3) is 1.00. The molecule has 1 radical (unpaired) electrons. The van der Waals surface area contributed by atoms with E-state index in [1.165, 1.54) is 26.2 Å². The quantitative estimate of drug-likeness (QED) is 0.416. The van der Waals surface area contributed by atoms with Crippen molar-refractivity contribution in [2.24, 2.45) is 0 Å². The third kappa shape index (κ3) is 7.92. The molecule has 1 unspecified atom stereocenters. The molecule has 0 amide bonds. The minimum absolute atomic E-state index is 0.630. The first kappa shape index (κ1) is 9.92. The Labute approximate surface area is 63.2 Å². The summed E-state index contributed by atoms with van der Waals surface area (Å²) in [5.41, 5.74) is 0. The molecule has 61 valence electrons. The number of hydrogen-bond acceptors (Lipinski definition) is 1. The van der Waals surface area contributed by atoms with Crippen LogP contribution < -0.4 is 0 Å². The summed E-state index contributed by atoms with van der Waals surface area (Å²) >= 11 is 0. The average molecular weight is 145 g/mol. The van der Waals surface area contributed by atoms with Gasteiger partial charge in [0.2, 0.25) is 0 Å². The standard InChI is InChI=1S/C8H17O2/c1-3-4-5-6-7-10-8(2)9/h8H,3-7H2,1-2H3. The fourth-order valence-corrected chi connectivity index (χ4v) is 0.778. The molecule has 0 bridgehead atoms. The molecule has 0 heterocycles. The maximum atomic E-state index is 10.3. The second-order valence-electron chi connectivity index (χ2n) is 2.50. The van der Waals surface area contributed by atoms with Crippen molar-refractivity contribution in [3.8, 4) is 0 Å². The average Bonchev–Trinajstić information content (AvgIpc) is 1.87. The first-order valence-corrected chi connectivity index (χ1v) is 4.04. The monoisotopic (exact) mass is 145 g/mol. The van der Waals surface area contributed by atoms with Gasteiger partial charge in [0.1, 0.15) is 0 Å².